The molecule has 0 aliphatic carbocycles. The average molecular weight is 445 g/mol. The van der Waals surface area contributed by atoms with E-state index in [0.29, 0.717) is 30.4 Å². The lowest BCUT2D eigenvalue weighted by molar-refractivity contribution is -0.139. The van der Waals surface area contributed by atoms with Crippen molar-refractivity contribution >= 4 is 35.1 Å². The van der Waals surface area contributed by atoms with E-state index in [1.807, 2.05) is 31.2 Å². The lowest BCUT2D eigenvalue weighted by atomic mass is 10.2. The third-order valence-electron chi connectivity index (χ3n) is 4.78. The van der Waals surface area contributed by atoms with Gasteiger partial charge in [0.1, 0.15) is 12.3 Å². The second-order valence-corrected chi connectivity index (χ2v) is 7.43. The molecule has 4 amide bonds. The molecule has 2 aromatic rings. The number of nitrogens with zero attached hydrogens (tertiary/aromatic N) is 2. The molecule has 2 aromatic carbocycles. The predicted octanol–water partition coefficient (Wildman–Crippen LogP) is 2.73. The predicted molar refractivity (Wildman–Crippen MR) is 118 cm³/mol. The van der Waals surface area contributed by atoms with E-state index in [2.05, 4.69) is 10.6 Å². The molecule has 0 aromatic heterocycles. The number of nitrogens with one attached hydrogen (secondary N) is 2. The summed E-state index contributed by atoms with van der Waals surface area (Å²) in [6.07, 6.45) is 0. The summed E-state index contributed by atoms with van der Waals surface area (Å²) in [6, 6.07) is 13.8. The number of hydrogen-bond acceptors (Lipinski definition) is 4. The van der Waals surface area contributed by atoms with Crippen molar-refractivity contribution in [3.05, 3.63) is 59.1 Å². The molecule has 164 valence electrons. The van der Waals surface area contributed by atoms with Crippen LogP contribution in [0.15, 0.2) is 48.5 Å². The summed E-state index contributed by atoms with van der Waals surface area (Å²) in [5.41, 5.74) is 1.46. The Morgan fingerprint density at radius 2 is 1.84 bits per heavy atom. The Bertz CT molecular complexity index is 935. The molecule has 31 heavy (non-hydrogen) atoms. The van der Waals surface area contributed by atoms with Gasteiger partial charge in [-0.1, -0.05) is 29.8 Å². The van der Waals surface area contributed by atoms with E-state index in [4.69, 9.17) is 16.3 Å². The van der Waals surface area contributed by atoms with E-state index in [1.54, 1.807) is 24.3 Å². The molecule has 1 heterocycles. The molecular formula is C22H25ClN4O4. The van der Waals surface area contributed by atoms with Crippen LogP contribution in [0.3, 0.4) is 0 Å². The zero-order valence-corrected chi connectivity index (χ0v) is 18.0. The molecule has 0 unspecified atom stereocenters. The molecule has 0 radical (unpaired) electrons. The highest BCUT2D eigenvalue weighted by atomic mass is 35.5. The van der Waals surface area contributed by atoms with E-state index < -0.39 is 0 Å². The smallest absolute Gasteiger partial charge is 0.322 e. The molecule has 1 fully saturated rings. The van der Waals surface area contributed by atoms with Crippen molar-refractivity contribution in [1.29, 1.82) is 0 Å². The lowest BCUT2D eigenvalue weighted by Gasteiger charge is -2.33. The van der Waals surface area contributed by atoms with Crippen molar-refractivity contribution in [2.24, 2.45) is 0 Å². The summed E-state index contributed by atoms with van der Waals surface area (Å²) in [6.45, 7) is 3.24. The number of benzene rings is 2. The first-order chi connectivity index (χ1) is 15.0. The number of para-hydroxylation sites is 1. The fourth-order valence-corrected chi connectivity index (χ4v) is 3.28. The minimum atomic E-state index is -0.368. The second kappa shape index (κ2) is 10.7. The van der Waals surface area contributed by atoms with Crippen molar-refractivity contribution in [2.75, 3.05) is 38.1 Å². The van der Waals surface area contributed by atoms with Crippen LogP contribution in [0.1, 0.15) is 12.5 Å². The maximum atomic E-state index is 12.4. The summed E-state index contributed by atoms with van der Waals surface area (Å²) < 4.78 is 5.55. The summed E-state index contributed by atoms with van der Waals surface area (Å²) in [5, 5.41) is 6.13. The van der Waals surface area contributed by atoms with Crippen LogP contribution in [0.25, 0.3) is 0 Å². The molecule has 1 aliphatic rings. The number of piperazine rings is 1. The Balaban J connectivity index is 1.46. The van der Waals surface area contributed by atoms with E-state index in [1.165, 1.54) is 9.80 Å². The van der Waals surface area contributed by atoms with Crippen LogP contribution < -0.4 is 15.4 Å². The van der Waals surface area contributed by atoms with Crippen LogP contribution in [-0.2, 0) is 16.1 Å². The average Bonchev–Trinajstić information content (AvgIpc) is 2.76. The van der Waals surface area contributed by atoms with Crippen LogP contribution >= 0.6 is 11.6 Å². The Morgan fingerprint density at radius 3 is 2.55 bits per heavy atom. The topological polar surface area (TPSA) is 91.0 Å². The molecular weight excluding hydrogens is 420 g/mol. The van der Waals surface area contributed by atoms with Crippen LogP contribution in [-0.4, -0.2) is 60.4 Å². The highest BCUT2D eigenvalue weighted by molar-refractivity contribution is 6.30. The zero-order valence-electron chi connectivity index (χ0n) is 17.3. The maximum Gasteiger partial charge on any atom is 0.322 e. The van der Waals surface area contributed by atoms with Gasteiger partial charge in [0, 0.05) is 35.9 Å². The number of rotatable bonds is 7. The van der Waals surface area contributed by atoms with E-state index in [0.717, 1.165) is 11.3 Å². The number of halogens is 1. The first kappa shape index (κ1) is 22.4. The Hall–Kier alpha value is -3.26. The molecule has 0 spiro atoms. The van der Waals surface area contributed by atoms with Gasteiger partial charge in [-0.3, -0.25) is 9.59 Å². The number of anilines is 1. The van der Waals surface area contributed by atoms with Crippen LogP contribution in [0.2, 0.25) is 5.02 Å². The Kier molecular flexibility index (Phi) is 7.72. The first-order valence-corrected chi connectivity index (χ1v) is 10.4. The Morgan fingerprint density at radius 1 is 1.10 bits per heavy atom. The minimum Gasteiger partial charge on any atom is -0.494 e. The summed E-state index contributed by atoms with van der Waals surface area (Å²) in [4.78, 5) is 40.0. The van der Waals surface area contributed by atoms with Crippen LogP contribution in [0, 0.1) is 0 Å². The number of carbonyl (C=O) groups is 3. The quantitative estimate of drug-likeness (QED) is 0.687. The van der Waals surface area contributed by atoms with Gasteiger partial charge in [-0.05, 0) is 37.3 Å². The molecule has 3 rings (SSSR count). The molecule has 0 bridgehead atoms. The number of ether oxygens (including phenoxy) is 1. The third kappa shape index (κ3) is 6.36. The fraction of sp³-hybridized carbons (Fsp3) is 0.318. The largest absolute Gasteiger partial charge is 0.494 e. The molecule has 9 heteroatoms. The van der Waals surface area contributed by atoms with Gasteiger partial charge in [-0.15, -0.1) is 0 Å². The number of amides is 4. The first-order valence-electron chi connectivity index (χ1n) is 10.0. The highest BCUT2D eigenvalue weighted by Gasteiger charge is 2.28. The van der Waals surface area contributed by atoms with Crippen molar-refractivity contribution < 1.29 is 19.1 Å². The van der Waals surface area contributed by atoms with Crippen LogP contribution in [0.4, 0.5) is 10.5 Å². The SMILES string of the molecule is CCOc1ccccc1CNC(=O)CN1CCN(C(=O)Nc2ccc(Cl)cc2)CC1=O. The molecule has 1 aliphatic heterocycles. The number of urea groups is 1. The van der Waals surface area contributed by atoms with E-state index >= 15 is 0 Å². The molecule has 8 nitrogen and oxygen atoms in total. The summed E-state index contributed by atoms with van der Waals surface area (Å²) >= 11 is 5.84. The van der Waals surface area contributed by atoms with Gasteiger partial charge in [-0.25, -0.2) is 4.79 Å². The molecule has 2 N–H and O–H groups in total. The van der Waals surface area contributed by atoms with Gasteiger partial charge in [0.05, 0.1) is 13.2 Å². The molecule has 1 saturated heterocycles. The standard InChI is InChI=1S/C22H25ClN4O4/c1-2-31-19-6-4-3-5-16(19)13-24-20(28)14-26-11-12-27(15-21(26)29)22(30)25-18-9-7-17(23)8-10-18/h3-10H,2,11-15H2,1H3,(H,24,28)(H,25,30). The summed E-state index contributed by atoms with van der Waals surface area (Å²) in [7, 11) is 0. The number of carbonyl (C=O) groups excluding carboxylic acids is 3. The van der Waals surface area contributed by atoms with Crippen molar-refractivity contribution in [3.63, 3.8) is 0 Å². The van der Waals surface area contributed by atoms with Gasteiger partial charge < -0.3 is 25.2 Å². The van der Waals surface area contributed by atoms with Gasteiger partial charge in [0.2, 0.25) is 11.8 Å². The van der Waals surface area contributed by atoms with Gasteiger partial charge in [-0.2, -0.15) is 0 Å². The van der Waals surface area contributed by atoms with E-state index in [-0.39, 0.29) is 37.5 Å². The highest BCUT2D eigenvalue weighted by Crippen LogP contribution is 2.18. The lowest BCUT2D eigenvalue weighted by Crippen LogP contribution is -2.55. The van der Waals surface area contributed by atoms with Gasteiger partial charge in [0.15, 0.2) is 0 Å². The maximum absolute atomic E-state index is 12.4. The summed E-state index contributed by atoms with van der Waals surface area (Å²) in [5.74, 6) is 0.183. The second-order valence-electron chi connectivity index (χ2n) is 6.99. The zero-order chi connectivity index (χ0) is 22.2. The monoisotopic (exact) mass is 444 g/mol. The van der Waals surface area contributed by atoms with Crippen LogP contribution in [0.5, 0.6) is 5.75 Å². The Labute approximate surface area is 186 Å². The number of hydrogen-bond donors (Lipinski definition) is 2. The van der Waals surface area contributed by atoms with Gasteiger partial charge in [0.25, 0.3) is 0 Å². The molecule has 0 atom stereocenters. The third-order valence-corrected chi connectivity index (χ3v) is 5.04. The van der Waals surface area contributed by atoms with E-state index in [9.17, 15) is 14.4 Å². The minimum absolute atomic E-state index is 0.0533. The van der Waals surface area contributed by atoms with Gasteiger partial charge >= 0.3 is 6.03 Å². The normalized spacial score (nSPS) is 13.7. The molecule has 0 saturated carbocycles. The van der Waals surface area contributed by atoms with Crippen molar-refractivity contribution in [2.45, 2.75) is 13.5 Å². The fourth-order valence-electron chi connectivity index (χ4n) is 3.15. The van der Waals surface area contributed by atoms with Crippen molar-refractivity contribution in [1.82, 2.24) is 15.1 Å². The van der Waals surface area contributed by atoms with Crippen molar-refractivity contribution in [3.8, 4) is 5.75 Å².